The number of amides is 3. The third-order valence-corrected chi connectivity index (χ3v) is 6.02. The summed E-state index contributed by atoms with van der Waals surface area (Å²) in [5, 5.41) is 7.22. The van der Waals surface area contributed by atoms with Crippen molar-refractivity contribution in [2.45, 2.75) is 26.3 Å². The van der Waals surface area contributed by atoms with Crippen LogP contribution in [0, 0.1) is 6.92 Å². The smallest absolute Gasteiger partial charge is 0.317 e. The van der Waals surface area contributed by atoms with Crippen molar-refractivity contribution in [2.24, 2.45) is 0 Å². The highest BCUT2D eigenvalue weighted by Crippen LogP contribution is 2.18. The number of carbonyl (C=O) groups is 2. The van der Waals surface area contributed by atoms with Gasteiger partial charge in [-0.3, -0.25) is 4.79 Å². The predicted octanol–water partition coefficient (Wildman–Crippen LogP) is 3.22. The van der Waals surface area contributed by atoms with Gasteiger partial charge in [-0.15, -0.1) is 11.3 Å². The molecule has 0 spiro atoms. The van der Waals surface area contributed by atoms with E-state index in [9.17, 15) is 9.59 Å². The SMILES string of the molecule is Cc1ccc(C(=O)N2CCN(C(=O)NC(C)Cc3ccsc3)CC2)s1. The molecule has 5 nitrogen and oxygen atoms in total. The van der Waals surface area contributed by atoms with Crippen LogP contribution in [0.5, 0.6) is 0 Å². The van der Waals surface area contributed by atoms with Crippen molar-refractivity contribution in [3.05, 3.63) is 44.3 Å². The van der Waals surface area contributed by atoms with Crippen molar-refractivity contribution in [2.75, 3.05) is 26.2 Å². The lowest BCUT2D eigenvalue weighted by atomic mass is 10.1. The third kappa shape index (κ3) is 4.61. The lowest BCUT2D eigenvalue weighted by molar-refractivity contribution is 0.0668. The van der Waals surface area contributed by atoms with Crippen LogP contribution in [0.1, 0.15) is 27.0 Å². The van der Waals surface area contributed by atoms with E-state index in [-0.39, 0.29) is 18.0 Å². The summed E-state index contributed by atoms with van der Waals surface area (Å²) < 4.78 is 0. The van der Waals surface area contributed by atoms with Crippen LogP contribution in [0.4, 0.5) is 4.79 Å². The summed E-state index contributed by atoms with van der Waals surface area (Å²) in [5.74, 6) is 0.0731. The maximum Gasteiger partial charge on any atom is 0.317 e. The number of aryl methyl sites for hydroxylation is 1. The number of urea groups is 1. The second-order valence-electron chi connectivity index (χ2n) is 6.38. The topological polar surface area (TPSA) is 52.7 Å². The van der Waals surface area contributed by atoms with Gasteiger partial charge >= 0.3 is 6.03 Å². The molecule has 1 fully saturated rings. The van der Waals surface area contributed by atoms with Crippen LogP contribution in [0.2, 0.25) is 0 Å². The minimum Gasteiger partial charge on any atom is -0.335 e. The Hall–Kier alpha value is -1.86. The molecule has 1 aliphatic heterocycles. The summed E-state index contributed by atoms with van der Waals surface area (Å²) in [6.07, 6.45) is 0.839. The third-order valence-electron chi connectivity index (χ3n) is 4.30. The van der Waals surface area contributed by atoms with Crippen LogP contribution in [-0.2, 0) is 6.42 Å². The molecule has 2 aromatic heterocycles. The molecule has 1 unspecified atom stereocenters. The van der Waals surface area contributed by atoms with Gasteiger partial charge in [0.25, 0.3) is 5.91 Å². The normalized spacial score (nSPS) is 15.9. The second kappa shape index (κ2) is 8.01. The molecule has 1 saturated heterocycles. The molecular formula is C18H23N3O2S2. The van der Waals surface area contributed by atoms with Crippen molar-refractivity contribution >= 4 is 34.6 Å². The molecule has 25 heavy (non-hydrogen) atoms. The maximum absolute atomic E-state index is 12.5. The molecular weight excluding hydrogens is 354 g/mol. The Morgan fingerprint density at radius 2 is 1.88 bits per heavy atom. The van der Waals surface area contributed by atoms with Crippen LogP contribution in [0.3, 0.4) is 0 Å². The van der Waals surface area contributed by atoms with Crippen molar-refractivity contribution in [1.29, 1.82) is 0 Å². The van der Waals surface area contributed by atoms with Crippen LogP contribution in [0.25, 0.3) is 0 Å². The van der Waals surface area contributed by atoms with Gasteiger partial charge in [0.05, 0.1) is 4.88 Å². The van der Waals surface area contributed by atoms with E-state index in [1.807, 2.05) is 30.9 Å². The highest BCUT2D eigenvalue weighted by molar-refractivity contribution is 7.13. The summed E-state index contributed by atoms with van der Waals surface area (Å²) in [6, 6.07) is 5.99. The first kappa shape index (κ1) is 17.9. The molecule has 0 aliphatic carbocycles. The van der Waals surface area contributed by atoms with Gasteiger partial charge in [-0.05, 0) is 54.8 Å². The highest BCUT2D eigenvalue weighted by Gasteiger charge is 2.26. The number of carbonyl (C=O) groups excluding carboxylic acids is 2. The quantitative estimate of drug-likeness (QED) is 0.889. The molecule has 0 saturated carbocycles. The zero-order valence-electron chi connectivity index (χ0n) is 14.5. The molecule has 0 radical (unpaired) electrons. The number of thiophene rings is 2. The number of rotatable bonds is 4. The number of nitrogens with zero attached hydrogens (tertiary/aromatic N) is 2. The van der Waals surface area contributed by atoms with Crippen molar-refractivity contribution in [3.8, 4) is 0 Å². The molecule has 0 aromatic carbocycles. The Morgan fingerprint density at radius 1 is 1.16 bits per heavy atom. The number of hydrogen-bond donors (Lipinski definition) is 1. The molecule has 0 bridgehead atoms. The largest absolute Gasteiger partial charge is 0.335 e. The van der Waals surface area contributed by atoms with E-state index in [1.165, 1.54) is 16.9 Å². The molecule has 3 rings (SSSR count). The number of nitrogens with one attached hydrogen (secondary N) is 1. The summed E-state index contributed by atoms with van der Waals surface area (Å²) in [6.45, 7) is 6.35. The predicted molar refractivity (Wildman–Crippen MR) is 103 cm³/mol. The fraction of sp³-hybridized carbons (Fsp3) is 0.444. The van der Waals surface area contributed by atoms with E-state index in [0.717, 1.165) is 16.2 Å². The summed E-state index contributed by atoms with van der Waals surface area (Å²) >= 11 is 3.19. The maximum atomic E-state index is 12.5. The van der Waals surface area contributed by atoms with E-state index in [4.69, 9.17) is 0 Å². The number of hydrogen-bond acceptors (Lipinski definition) is 4. The Kier molecular flexibility index (Phi) is 5.75. The Bertz CT molecular complexity index is 719. The van der Waals surface area contributed by atoms with Crippen LogP contribution in [0.15, 0.2) is 29.0 Å². The standard InChI is InChI=1S/C18H23N3O2S2/c1-13(11-15-5-10-24-12-15)19-18(23)21-8-6-20(7-9-21)17(22)16-4-3-14(2)25-16/h3-5,10,12-13H,6-9,11H2,1-2H3,(H,19,23). The van der Waals surface area contributed by atoms with Gasteiger partial charge in [-0.25, -0.2) is 4.79 Å². The average Bonchev–Trinajstić information content (AvgIpc) is 3.26. The molecule has 7 heteroatoms. The van der Waals surface area contributed by atoms with Crippen LogP contribution in [-0.4, -0.2) is 54.0 Å². The molecule has 1 atom stereocenters. The minimum atomic E-state index is -0.0400. The summed E-state index contributed by atoms with van der Waals surface area (Å²) in [4.78, 5) is 30.4. The van der Waals surface area contributed by atoms with E-state index in [0.29, 0.717) is 26.2 Å². The second-order valence-corrected chi connectivity index (χ2v) is 8.44. The lowest BCUT2D eigenvalue weighted by Gasteiger charge is -2.35. The van der Waals surface area contributed by atoms with E-state index >= 15 is 0 Å². The zero-order valence-corrected chi connectivity index (χ0v) is 16.2. The Labute approximate surface area is 156 Å². The highest BCUT2D eigenvalue weighted by atomic mass is 32.1. The molecule has 3 heterocycles. The molecule has 3 amide bonds. The van der Waals surface area contributed by atoms with Crippen molar-refractivity contribution in [3.63, 3.8) is 0 Å². The van der Waals surface area contributed by atoms with E-state index in [1.54, 1.807) is 16.2 Å². The molecule has 134 valence electrons. The first-order valence-corrected chi connectivity index (χ1v) is 10.2. The first-order valence-electron chi connectivity index (χ1n) is 8.45. The summed E-state index contributed by atoms with van der Waals surface area (Å²) in [5.41, 5.74) is 1.25. The molecule has 1 aliphatic rings. The lowest BCUT2D eigenvalue weighted by Crippen LogP contribution is -2.54. The average molecular weight is 378 g/mol. The molecule has 1 N–H and O–H groups in total. The molecule has 2 aromatic rings. The van der Waals surface area contributed by atoms with Gasteiger partial charge in [-0.1, -0.05) is 0 Å². The van der Waals surface area contributed by atoms with Gasteiger partial charge in [0, 0.05) is 37.1 Å². The van der Waals surface area contributed by atoms with Gasteiger partial charge < -0.3 is 15.1 Å². The Morgan fingerprint density at radius 3 is 2.48 bits per heavy atom. The van der Waals surface area contributed by atoms with Gasteiger partial charge in [-0.2, -0.15) is 11.3 Å². The van der Waals surface area contributed by atoms with Gasteiger partial charge in [0.2, 0.25) is 0 Å². The minimum absolute atomic E-state index is 0.0400. The van der Waals surface area contributed by atoms with Crippen molar-refractivity contribution < 1.29 is 9.59 Å². The monoisotopic (exact) mass is 377 g/mol. The van der Waals surface area contributed by atoms with E-state index in [2.05, 4.69) is 22.1 Å². The first-order chi connectivity index (χ1) is 12.0. The number of piperazine rings is 1. The van der Waals surface area contributed by atoms with Crippen molar-refractivity contribution in [1.82, 2.24) is 15.1 Å². The van der Waals surface area contributed by atoms with Crippen LogP contribution < -0.4 is 5.32 Å². The van der Waals surface area contributed by atoms with Gasteiger partial charge in [0.15, 0.2) is 0 Å². The van der Waals surface area contributed by atoms with Gasteiger partial charge in [0.1, 0.15) is 0 Å². The van der Waals surface area contributed by atoms with E-state index < -0.39 is 0 Å². The fourth-order valence-electron chi connectivity index (χ4n) is 2.93. The fourth-order valence-corrected chi connectivity index (χ4v) is 4.45. The van der Waals surface area contributed by atoms with Crippen LogP contribution >= 0.6 is 22.7 Å². The Balaban J connectivity index is 1.46. The summed E-state index contributed by atoms with van der Waals surface area (Å²) in [7, 11) is 0. The zero-order chi connectivity index (χ0) is 17.8.